The lowest BCUT2D eigenvalue weighted by Gasteiger charge is -2.18. The number of carbonyl (C=O) groups excluding carboxylic acids is 1. The van der Waals surface area contributed by atoms with Crippen molar-refractivity contribution in [3.05, 3.63) is 68.5 Å². The van der Waals surface area contributed by atoms with Crippen molar-refractivity contribution >= 4 is 63.5 Å². The molecular formula is C22H19Cl2NO3S2. The fourth-order valence-electron chi connectivity index (χ4n) is 3.26. The topological polar surface area (TPSA) is 38.8 Å². The molecule has 0 aromatic heterocycles. The van der Waals surface area contributed by atoms with Gasteiger partial charge in [0.05, 0.1) is 17.6 Å². The van der Waals surface area contributed by atoms with Crippen LogP contribution in [0.25, 0.3) is 6.08 Å². The minimum Gasteiger partial charge on any atom is -0.489 e. The molecule has 2 aromatic carbocycles. The lowest BCUT2D eigenvalue weighted by Crippen LogP contribution is -2.35. The van der Waals surface area contributed by atoms with E-state index in [9.17, 15) is 4.79 Å². The normalized spacial score (nSPS) is 20.4. The molecule has 156 valence electrons. The second-order valence-electron chi connectivity index (χ2n) is 7.02. The largest absolute Gasteiger partial charge is 0.489 e. The quantitative estimate of drug-likeness (QED) is 0.377. The van der Waals surface area contributed by atoms with Gasteiger partial charge in [0.15, 0.2) is 0 Å². The van der Waals surface area contributed by atoms with E-state index in [2.05, 4.69) is 0 Å². The van der Waals surface area contributed by atoms with E-state index < -0.39 is 0 Å². The first-order valence-corrected chi connectivity index (χ1v) is 11.5. The third-order valence-electron chi connectivity index (χ3n) is 4.87. The number of carbonyl (C=O) groups is 1. The van der Waals surface area contributed by atoms with Crippen LogP contribution < -0.4 is 4.74 Å². The Morgan fingerprint density at radius 3 is 2.73 bits per heavy atom. The average molecular weight is 480 g/mol. The number of rotatable bonds is 6. The SMILES string of the molecule is O=C1/C(=C/c2ccc(OCc3ccc(Cl)cc3Cl)cc2)SC(=S)N1C[C@H]1CCCO1. The summed E-state index contributed by atoms with van der Waals surface area (Å²) in [6.45, 7) is 1.63. The Morgan fingerprint density at radius 2 is 2.03 bits per heavy atom. The highest BCUT2D eigenvalue weighted by Gasteiger charge is 2.34. The number of hydrogen-bond donors (Lipinski definition) is 0. The number of ether oxygens (including phenoxy) is 2. The van der Waals surface area contributed by atoms with Crippen LogP contribution in [0.5, 0.6) is 5.75 Å². The summed E-state index contributed by atoms with van der Waals surface area (Å²) in [5.41, 5.74) is 1.77. The maximum absolute atomic E-state index is 12.7. The molecule has 4 nitrogen and oxygen atoms in total. The Bertz CT molecular complexity index is 988. The van der Waals surface area contributed by atoms with Crippen molar-refractivity contribution in [2.24, 2.45) is 0 Å². The van der Waals surface area contributed by atoms with Crippen molar-refractivity contribution in [2.75, 3.05) is 13.2 Å². The van der Waals surface area contributed by atoms with Gasteiger partial charge in [0.1, 0.15) is 16.7 Å². The Kier molecular flexibility index (Phi) is 7.01. The lowest BCUT2D eigenvalue weighted by atomic mass is 10.2. The molecule has 1 amide bonds. The van der Waals surface area contributed by atoms with Gasteiger partial charge in [0.25, 0.3) is 5.91 Å². The molecule has 0 N–H and O–H groups in total. The van der Waals surface area contributed by atoms with Gasteiger partial charge in [0.2, 0.25) is 0 Å². The van der Waals surface area contributed by atoms with E-state index in [0.29, 0.717) is 38.2 Å². The van der Waals surface area contributed by atoms with Crippen LogP contribution in [0.2, 0.25) is 10.0 Å². The highest BCUT2D eigenvalue weighted by molar-refractivity contribution is 8.26. The average Bonchev–Trinajstić information content (AvgIpc) is 3.33. The van der Waals surface area contributed by atoms with Crippen LogP contribution in [0, 0.1) is 0 Å². The molecule has 0 bridgehead atoms. The monoisotopic (exact) mass is 479 g/mol. The summed E-state index contributed by atoms with van der Waals surface area (Å²) in [4.78, 5) is 15.0. The summed E-state index contributed by atoms with van der Waals surface area (Å²) in [7, 11) is 0. The molecule has 0 spiro atoms. The van der Waals surface area contributed by atoms with Crippen molar-refractivity contribution in [2.45, 2.75) is 25.6 Å². The predicted octanol–water partition coefficient (Wildman–Crippen LogP) is 5.95. The van der Waals surface area contributed by atoms with Crippen molar-refractivity contribution in [3.8, 4) is 5.75 Å². The molecule has 2 aliphatic heterocycles. The number of thiocarbonyl (C=S) groups is 1. The summed E-state index contributed by atoms with van der Waals surface area (Å²) in [5, 5.41) is 1.17. The van der Waals surface area contributed by atoms with Crippen LogP contribution >= 0.6 is 47.2 Å². The number of benzene rings is 2. The van der Waals surface area contributed by atoms with Crippen molar-refractivity contribution in [3.63, 3.8) is 0 Å². The van der Waals surface area contributed by atoms with Gasteiger partial charge < -0.3 is 9.47 Å². The number of nitrogens with zero attached hydrogens (tertiary/aromatic N) is 1. The number of hydrogen-bond acceptors (Lipinski definition) is 5. The minimum absolute atomic E-state index is 0.0572. The molecule has 30 heavy (non-hydrogen) atoms. The van der Waals surface area contributed by atoms with Gasteiger partial charge in [0, 0.05) is 22.2 Å². The number of halogens is 2. The Morgan fingerprint density at radius 1 is 1.23 bits per heavy atom. The Labute approximate surface area is 195 Å². The molecular weight excluding hydrogens is 461 g/mol. The molecule has 2 fully saturated rings. The van der Waals surface area contributed by atoms with Gasteiger partial charge in [-0.1, -0.05) is 65.4 Å². The zero-order chi connectivity index (χ0) is 21.1. The predicted molar refractivity (Wildman–Crippen MR) is 126 cm³/mol. The first kappa shape index (κ1) is 21.7. The third-order valence-corrected chi connectivity index (χ3v) is 6.84. The molecule has 4 rings (SSSR count). The van der Waals surface area contributed by atoms with Crippen LogP contribution in [-0.4, -0.2) is 34.4 Å². The summed E-state index contributed by atoms with van der Waals surface area (Å²) in [6, 6.07) is 12.9. The molecule has 2 aromatic rings. The molecule has 0 radical (unpaired) electrons. The summed E-state index contributed by atoms with van der Waals surface area (Å²) in [6.07, 6.45) is 3.94. The van der Waals surface area contributed by atoms with Crippen LogP contribution in [0.3, 0.4) is 0 Å². The molecule has 0 saturated carbocycles. The molecule has 0 aliphatic carbocycles. The fourth-order valence-corrected chi connectivity index (χ4v) is 5.00. The summed E-state index contributed by atoms with van der Waals surface area (Å²) >= 11 is 18.8. The van der Waals surface area contributed by atoms with Crippen molar-refractivity contribution in [1.82, 2.24) is 4.90 Å². The van der Waals surface area contributed by atoms with Crippen LogP contribution in [0.15, 0.2) is 47.4 Å². The van der Waals surface area contributed by atoms with Crippen molar-refractivity contribution < 1.29 is 14.3 Å². The smallest absolute Gasteiger partial charge is 0.266 e. The van der Waals surface area contributed by atoms with E-state index in [-0.39, 0.29) is 12.0 Å². The van der Waals surface area contributed by atoms with E-state index in [1.165, 1.54) is 11.8 Å². The maximum Gasteiger partial charge on any atom is 0.266 e. The van der Waals surface area contributed by atoms with Gasteiger partial charge in [-0.25, -0.2) is 0 Å². The fraction of sp³-hybridized carbons (Fsp3) is 0.273. The molecule has 2 aliphatic rings. The standard InChI is InChI=1S/C22H19Cl2NO3S2/c23-16-6-5-15(19(24)11-16)13-28-17-7-3-14(4-8-17)10-20-21(26)25(22(29)30-20)12-18-2-1-9-27-18/h3-8,10-11,18H,1-2,9,12-13H2/b20-10-/t18-/m1/s1. The molecule has 2 saturated heterocycles. The molecule has 8 heteroatoms. The first-order valence-electron chi connectivity index (χ1n) is 9.53. The van der Waals surface area contributed by atoms with Crippen LogP contribution in [0.4, 0.5) is 0 Å². The van der Waals surface area contributed by atoms with Gasteiger partial charge in [-0.15, -0.1) is 0 Å². The highest BCUT2D eigenvalue weighted by Crippen LogP contribution is 2.33. The number of thioether (sulfide) groups is 1. The van der Waals surface area contributed by atoms with E-state index in [0.717, 1.165) is 30.6 Å². The zero-order valence-electron chi connectivity index (χ0n) is 16.0. The Hall–Kier alpha value is -1.57. The Balaban J connectivity index is 1.38. The van der Waals surface area contributed by atoms with E-state index in [4.69, 9.17) is 44.9 Å². The van der Waals surface area contributed by atoms with E-state index in [1.807, 2.05) is 36.4 Å². The maximum atomic E-state index is 12.7. The highest BCUT2D eigenvalue weighted by atomic mass is 35.5. The van der Waals surface area contributed by atoms with Gasteiger partial charge in [-0.2, -0.15) is 0 Å². The van der Waals surface area contributed by atoms with Gasteiger partial charge in [-0.05, 0) is 48.7 Å². The van der Waals surface area contributed by atoms with Crippen LogP contribution in [-0.2, 0) is 16.1 Å². The second-order valence-corrected chi connectivity index (χ2v) is 9.54. The lowest BCUT2D eigenvalue weighted by molar-refractivity contribution is -0.123. The summed E-state index contributed by atoms with van der Waals surface area (Å²) in [5.74, 6) is 0.655. The van der Waals surface area contributed by atoms with E-state index >= 15 is 0 Å². The summed E-state index contributed by atoms with van der Waals surface area (Å²) < 4.78 is 12.0. The first-order chi connectivity index (χ1) is 14.5. The molecule has 0 unspecified atom stereocenters. The molecule has 2 heterocycles. The van der Waals surface area contributed by atoms with Gasteiger partial charge >= 0.3 is 0 Å². The molecule has 1 atom stereocenters. The van der Waals surface area contributed by atoms with Gasteiger partial charge in [-0.3, -0.25) is 9.69 Å². The minimum atomic E-state index is -0.0572. The van der Waals surface area contributed by atoms with Crippen molar-refractivity contribution in [1.29, 1.82) is 0 Å². The van der Waals surface area contributed by atoms with E-state index in [1.54, 1.807) is 17.0 Å². The third kappa shape index (κ3) is 5.18. The van der Waals surface area contributed by atoms with Crippen LogP contribution in [0.1, 0.15) is 24.0 Å². The second kappa shape index (κ2) is 9.71. The number of amides is 1. The zero-order valence-corrected chi connectivity index (χ0v) is 19.1.